The number of aryl methyl sites for hydroxylation is 1. The van der Waals surface area contributed by atoms with Gasteiger partial charge in [-0.15, -0.1) is 0 Å². The lowest BCUT2D eigenvalue weighted by Gasteiger charge is -2.29. The highest BCUT2D eigenvalue weighted by Crippen LogP contribution is 2.11. The topological polar surface area (TPSA) is 75.0 Å². The lowest BCUT2D eigenvalue weighted by Crippen LogP contribution is -2.50. The molecule has 0 saturated heterocycles. The molecule has 0 radical (unpaired) electrons. The number of carbonyl (C=O) groups is 2. The largest absolute Gasteiger partial charge is 0.464 e. The molecule has 1 aromatic rings. The summed E-state index contributed by atoms with van der Waals surface area (Å²) in [7, 11) is 1.60. The molecule has 1 aromatic heterocycles. The number of amides is 3. The fourth-order valence-electron chi connectivity index (χ4n) is 2.46. The standard InChI is InChI=1S/C19H33N3O4/c1-6-7-10-20-19(24)22(15(2)3)14-18(23)21(11-12-25-5)13-17-9-8-16(4)26-17/h8-9,15H,6-7,10-14H2,1-5H3,(H,20,24). The van der Waals surface area contributed by atoms with Gasteiger partial charge in [0, 0.05) is 26.2 Å². The van der Waals surface area contributed by atoms with Crippen LogP contribution in [0.2, 0.25) is 0 Å². The molecular weight excluding hydrogens is 334 g/mol. The molecule has 0 aliphatic rings. The molecule has 0 aromatic carbocycles. The first-order chi connectivity index (χ1) is 12.4. The summed E-state index contributed by atoms with van der Waals surface area (Å²) in [5.74, 6) is 1.39. The molecule has 0 spiro atoms. The molecule has 1 heterocycles. The van der Waals surface area contributed by atoms with Gasteiger partial charge in [-0.05, 0) is 39.3 Å². The van der Waals surface area contributed by atoms with Crippen LogP contribution in [0.15, 0.2) is 16.5 Å². The monoisotopic (exact) mass is 367 g/mol. The van der Waals surface area contributed by atoms with E-state index >= 15 is 0 Å². The second-order valence-corrected chi connectivity index (χ2v) is 6.63. The van der Waals surface area contributed by atoms with E-state index in [1.165, 1.54) is 0 Å². The number of furan rings is 1. The normalized spacial score (nSPS) is 10.8. The summed E-state index contributed by atoms with van der Waals surface area (Å²) in [5, 5.41) is 2.88. The van der Waals surface area contributed by atoms with Crippen molar-refractivity contribution in [3.8, 4) is 0 Å². The van der Waals surface area contributed by atoms with E-state index in [4.69, 9.17) is 9.15 Å². The van der Waals surface area contributed by atoms with Gasteiger partial charge in [0.15, 0.2) is 0 Å². The first kappa shape index (κ1) is 22.0. The van der Waals surface area contributed by atoms with Gasteiger partial charge in [-0.1, -0.05) is 13.3 Å². The van der Waals surface area contributed by atoms with Crippen LogP contribution in [-0.4, -0.2) is 61.1 Å². The van der Waals surface area contributed by atoms with E-state index in [9.17, 15) is 9.59 Å². The molecule has 0 atom stereocenters. The molecule has 0 aliphatic heterocycles. The summed E-state index contributed by atoms with van der Waals surface area (Å²) in [6.45, 7) is 9.62. The highest BCUT2D eigenvalue weighted by Gasteiger charge is 2.23. The Morgan fingerprint density at radius 2 is 2.04 bits per heavy atom. The van der Waals surface area contributed by atoms with Gasteiger partial charge in [-0.3, -0.25) is 4.79 Å². The van der Waals surface area contributed by atoms with Crippen molar-refractivity contribution in [2.75, 3.05) is 33.4 Å². The maximum Gasteiger partial charge on any atom is 0.318 e. The number of hydrogen-bond donors (Lipinski definition) is 1. The van der Waals surface area contributed by atoms with Gasteiger partial charge in [0.25, 0.3) is 0 Å². The van der Waals surface area contributed by atoms with Crippen molar-refractivity contribution in [1.82, 2.24) is 15.1 Å². The molecule has 148 valence electrons. The number of carbonyl (C=O) groups excluding carboxylic acids is 2. The Morgan fingerprint density at radius 1 is 1.31 bits per heavy atom. The SMILES string of the molecule is CCCCNC(=O)N(CC(=O)N(CCOC)Cc1ccc(C)o1)C(C)C. The lowest BCUT2D eigenvalue weighted by atomic mass is 10.3. The highest BCUT2D eigenvalue weighted by atomic mass is 16.5. The van der Waals surface area contributed by atoms with E-state index in [1.807, 2.05) is 32.9 Å². The number of urea groups is 1. The molecular formula is C19H33N3O4. The maximum atomic E-state index is 12.8. The second-order valence-electron chi connectivity index (χ2n) is 6.63. The Labute approximate surface area is 156 Å². The molecule has 1 rings (SSSR count). The fraction of sp³-hybridized carbons (Fsp3) is 0.684. The second kappa shape index (κ2) is 11.6. The van der Waals surface area contributed by atoms with Crippen molar-refractivity contribution in [2.24, 2.45) is 0 Å². The van der Waals surface area contributed by atoms with Crippen LogP contribution in [0.3, 0.4) is 0 Å². The van der Waals surface area contributed by atoms with E-state index < -0.39 is 0 Å². The van der Waals surface area contributed by atoms with Crippen molar-refractivity contribution in [3.05, 3.63) is 23.7 Å². The minimum atomic E-state index is -0.206. The molecule has 26 heavy (non-hydrogen) atoms. The zero-order valence-corrected chi connectivity index (χ0v) is 16.7. The van der Waals surface area contributed by atoms with Gasteiger partial charge in [-0.2, -0.15) is 0 Å². The Hall–Kier alpha value is -2.02. The molecule has 0 bridgehead atoms. The third-order valence-corrected chi connectivity index (χ3v) is 4.06. The third-order valence-electron chi connectivity index (χ3n) is 4.06. The molecule has 0 unspecified atom stereocenters. The van der Waals surface area contributed by atoms with E-state index in [2.05, 4.69) is 12.2 Å². The number of rotatable bonds is 11. The molecule has 0 fully saturated rings. The zero-order chi connectivity index (χ0) is 19.5. The summed E-state index contributed by atoms with van der Waals surface area (Å²) in [6, 6.07) is 3.45. The summed E-state index contributed by atoms with van der Waals surface area (Å²) in [5.41, 5.74) is 0. The number of methoxy groups -OCH3 is 1. The summed E-state index contributed by atoms with van der Waals surface area (Å²) < 4.78 is 10.7. The third kappa shape index (κ3) is 7.47. The molecule has 0 aliphatic carbocycles. The first-order valence-electron chi connectivity index (χ1n) is 9.25. The van der Waals surface area contributed by atoms with Crippen molar-refractivity contribution in [1.29, 1.82) is 0 Å². The van der Waals surface area contributed by atoms with Gasteiger partial charge in [0.1, 0.15) is 18.1 Å². The van der Waals surface area contributed by atoms with E-state index in [1.54, 1.807) is 16.9 Å². The number of ether oxygens (including phenoxy) is 1. The van der Waals surface area contributed by atoms with Crippen LogP contribution in [0.25, 0.3) is 0 Å². The van der Waals surface area contributed by atoms with Crippen molar-refractivity contribution in [3.63, 3.8) is 0 Å². The van der Waals surface area contributed by atoms with Crippen LogP contribution in [-0.2, 0) is 16.1 Å². The van der Waals surface area contributed by atoms with Crippen molar-refractivity contribution in [2.45, 2.75) is 53.1 Å². The zero-order valence-electron chi connectivity index (χ0n) is 16.7. The van der Waals surface area contributed by atoms with Crippen LogP contribution in [0, 0.1) is 6.92 Å². The van der Waals surface area contributed by atoms with E-state index in [0.29, 0.717) is 26.2 Å². The average Bonchev–Trinajstić information content (AvgIpc) is 3.00. The fourth-order valence-corrected chi connectivity index (χ4v) is 2.46. The molecule has 7 heteroatoms. The van der Waals surface area contributed by atoms with E-state index in [0.717, 1.165) is 24.4 Å². The van der Waals surface area contributed by atoms with E-state index in [-0.39, 0.29) is 24.5 Å². The molecule has 3 amide bonds. The minimum Gasteiger partial charge on any atom is -0.464 e. The molecule has 0 saturated carbocycles. The molecule has 7 nitrogen and oxygen atoms in total. The van der Waals surface area contributed by atoms with Gasteiger partial charge in [0.05, 0.1) is 13.2 Å². The van der Waals surface area contributed by atoms with Gasteiger partial charge in [0.2, 0.25) is 5.91 Å². The quantitative estimate of drug-likeness (QED) is 0.610. The Bertz CT molecular complexity index is 557. The number of nitrogens with one attached hydrogen (secondary N) is 1. The Kier molecular flexibility index (Phi) is 9.80. The van der Waals surface area contributed by atoms with Crippen LogP contribution >= 0.6 is 0 Å². The molecule has 1 N–H and O–H groups in total. The summed E-state index contributed by atoms with van der Waals surface area (Å²) in [4.78, 5) is 28.4. The average molecular weight is 367 g/mol. The van der Waals surface area contributed by atoms with Gasteiger partial charge in [-0.25, -0.2) is 4.79 Å². The first-order valence-corrected chi connectivity index (χ1v) is 9.25. The Morgan fingerprint density at radius 3 is 2.58 bits per heavy atom. The van der Waals surface area contributed by atoms with Gasteiger partial charge < -0.3 is 24.3 Å². The maximum absolute atomic E-state index is 12.8. The number of unbranched alkanes of at least 4 members (excludes halogenated alkanes) is 1. The number of hydrogen-bond acceptors (Lipinski definition) is 4. The lowest BCUT2D eigenvalue weighted by molar-refractivity contribution is -0.133. The van der Waals surface area contributed by atoms with Crippen LogP contribution in [0.1, 0.15) is 45.1 Å². The predicted molar refractivity (Wildman–Crippen MR) is 101 cm³/mol. The summed E-state index contributed by atoms with van der Waals surface area (Å²) in [6.07, 6.45) is 1.93. The van der Waals surface area contributed by atoms with Gasteiger partial charge >= 0.3 is 6.03 Å². The smallest absolute Gasteiger partial charge is 0.318 e. The minimum absolute atomic E-state index is 0.0268. The highest BCUT2D eigenvalue weighted by molar-refractivity contribution is 5.84. The van der Waals surface area contributed by atoms with Crippen LogP contribution in [0.5, 0.6) is 0 Å². The van der Waals surface area contributed by atoms with Crippen LogP contribution < -0.4 is 5.32 Å². The van der Waals surface area contributed by atoms with Crippen molar-refractivity contribution < 1.29 is 18.7 Å². The number of nitrogens with zero attached hydrogens (tertiary/aromatic N) is 2. The summed E-state index contributed by atoms with van der Waals surface area (Å²) >= 11 is 0. The Balaban J connectivity index is 2.74. The predicted octanol–water partition coefficient (Wildman–Crippen LogP) is 2.78. The van der Waals surface area contributed by atoms with Crippen molar-refractivity contribution >= 4 is 11.9 Å². The van der Waals surface area contributed by atoms with Crippen LogP contribution in [0.4, 0.5) is 4.79 Å².